The van der Waals surface area contributed by atoms with Gasteiger partial charge in [-0.25, -0.2) is 0 Å². The van der Waals surface area contributed by atoms with E-state index in [-0.39, 0.29) is 47.6 Å². The highest BCUT2D eigenvalue weighted by Gasteiger charge is 2.81. The summed E-state index contributed by atoms with van der Waals surface area (Å²) in [6, 6.07) is 0. The average Bonchev–Trinajstić information content (AvgIpc) is 3.43. The zero-order chi connectivity index (χ0) is 28.2. The summed E-state index contributed by atoms with van der Waals surface area (Å²) in [7, 11) is 0. The van der Waals surface area contributed by atoms with Crippen molar-refractivity contribution in [2.24, 2.45) is 51.1 Å². The van der Waals surface area contributed by atoms with Gasteiger partial charge in [-0.2, -0.15) is 0 Å². The molecule has 5 aliphatic carbocycles. The van der Waals surface area contributed by atoms with Crippen LogP contribution in [-0.2, 0) is 23.8 Å². The Morgan fingerprint density at radius 3 is 2.38 bits per heavy atom. The monoisotopic (exact) mass is 545 g/mol. The van der Waals surface area contributed by atoms with E-state index in [0.29, 0.717) is 28.6 Å². The molecular weight excluding hydrogens is 494 g/mol. The number of fused-ring (bicyclic) bond motifs is 4. The van der Waals surface area contributed by atoms with Crippen molar-refractivity contribution in [1.82, 2.24) is 0 Å². The molecule has 7 nitrogen and oxygen atoms in total. The summed E-state index contributed by atoms with van der Waals surface area (Å²) in [6.07, 6.45) is 10.7. The Hall–Kier alpha value is -1.18. The first-order valence-electron chi connectivity index (χ1n) is 15.6. The molecule has 0 aromatic rings. The molecule has 8 unspecified atom stereocenters. The quantitative estimate of drug-likeness (QED) is 0.479. The van der Waals surface area contributed by atoms with Gasteiger partial charge >= 0.3 is 11.9 Å². The molecule has 6 aliphatic rings. The van der Waals surface area contributed by atoms with Gasteiger partial charge < -0.3 is 25.1 Å². The average molecular weight is 546 g/mol. The lowest BCUT2D eigenvalue weighted by molar-refractivity contribution is -0.200. The maximum atomic E-state index is 12.1. The Bertz CT molecular complexity index is 1020. The molecular formula is C32H51NO6. The first-order chi connectivity index (χ1) is 18.2. The maximum absolute atomic E-state index is 12.1. The molecule has 0 radical (unpaired) electrons. The van der Waals surface area contributed by atoms with Crippen LogP contribution in [0.4, 0.5) is 0 Å². The van der Waals surface area contributed by atoms with Gasteiger partial charge in [-0.15, -0.1) is 0 Å². The molecule has 0 amide bonds. The highest BCUT2D eigenvalue weighted by atomic mass is 16.6. The minimum Gasteiger partial charge on any atom is -0.461 e. The van der Waals surface area contributed by atoms with Crippen molar-refractivity contribution in [2.45, 2.75) is 136 Å². The van der Waals surface area contributed by atoms with Crippen LogP contribution in [0.15, 0.2) is 0 Å². The number of carbonyl (C=O) groups is 2. The van der Waals surface area contributed by atoms with Crippen molar-refractivity contribution in [3.05, 3.63) is 0 Å². The van der Waals surface area contributed by atoms with E-state index >= 15 is 0 Å². The second-order valence-electron chi connectivity index (χ2n) is 15.7. The number of hydrogen-bond acceptors (Lipinski definition) is 7. The minimum atomic E-state index is -1.15. The normalized spacial score (nSPS) is 48.4. The van der Waals surface area contributed by atoms with Crippen LogP contribution in [0.5, 0.6) is 0 Å². The second kappa shape index (κ2) is 8.91. The topological polar surface area (TPSA) is 108 Å². The lowest BCUT2D eigenvalue weighted by Crippen LogP contribution is -2.55. The van der Waals surface area contributed by atoms with E-state index in [1.165, 1.54) is 45.4 Å². The maximum Gasteiger partial charge on any atom is 0.319 e. The first-order valence-corrected chi connectivity index (χ1v) is 15.6. The van der Waals surface area contributed by atoms with Gasteiger partial charge in [-0.05, 0) is 118 Å². The Kier molecular flexibility index (Phi) is 6.39. The van der Waals surface area contributed by atoms with Crippen LogP contribution in [-0.4, -0.2) is 53.6 Å². The Morgan fingerprint density at radius 2 is 1.72 bits per heavy atom. The van der Waals surface area contributed by atoms with E-state index < -0.39 is 11.7 Å². The summed E-state index contributed by atoms with van der Waals surface area (Å²) in [5.41, 5.74) is 5.53. The van der Waals surface area contributed by atoms with E-state index in [0.717, 1.165) is 31.6 Å². The first kappa shape index (κ1) is 28.0. The van der Waals surface area contributed by atoms with Crippen LogP contribution in [0, 0.1) is 45.3 Å². The van der Waals surface area contributed by atoms with Gasteiger partial charge in [0.1, 0.15) is 6.10 Å². The summed E-state index contributed by atoms with van der Waals surface area (Å²) in [6.45, 7) is 12.0. The molecule has 39 heavy (non-hydrogen) atoms. The van der Waals surface area contributed by atoms with Crippen molar-refractivity contribution < 1.29 is 28.9 Å². The predicted octanol–water partition coefficient (Wildman–Crippen LogP) is 4.77. The Labute approximate surface area is 234 Å². The molecule has 7 heteroatoms. The van der Waals surface area contributed by atoms with Crippen LogP contribution in [0.1, 0.15) is 106 Å². The van der Waals surface area contributed by atoms with Gasteiger partial charge in [-0.1, -0.05) is 20.8 Å². The fourth-order valence-corrected chi connectivity index (χ4v) is 11.7. The van der Waals surface area contributed by atoms with Crippen molar-refractivity contribution in [2.75, 3.05) is 6.54 Å². The van der Waals surface area contributed by atoms with Gasteiger partial charge in [0.25, 0.3) is 0 Å². The zero-order valence-corrected chi connectivity index (χ0v) is 25.0. The molecule has 2 spiro atoms. The third-order valence-electron chi connectivity index (χ3n) is 13.3. The third-order valence-corrected chi connectivity index (χ3v) is 13.3. The molecule has 1 aliphatic heterocycles. The van der Waals surface area contributed by atoms with Crippen molar-refractivity contribution in [3.8, 4) is 0 Å². The Balaban J connectivity index is 1.22. The van der Waals surface area contributed by atoms with Gasteiger partial charge in [-0.3, -0.25) is 9.59 Å². The summed E-state index contributed by atoms with van der Waals surface area (Å²) in [5, 5.41) is 10.8. The van der Waals surface area contributed by atoms with Crippen LogP contribution >= 0.6 is 0 Å². The molecule has 6 rings (SSSR count). The van der Waals surface area contributed by atoms with Gasteiger partial charge in [0, 0.05) is 12.3 Å². The molecule has 1 heterocycles. The van der Waals surface area contributed by atoms with Gasteiger partial charge in [0.15, 0.2) is 6.10 Å². The fourth-order valence-electron chi connectivity index (χ4n) is 11.7. The van der Waals surface area contributed by atoms with Crippen molar-refractivity contribution in [1.29, 1.82) is 0 Å². The number of hydrogen-bond donors (Lipinski definition) is 2. The van der Waals surface area contributed by atoms with E-state index in [9.17, 15) is 14.7 Å². The van der Waals surface area contributed by atoms with Crippen molar-refractivity contribution >= 4 is 11.9 Å². The van der Waals surface area contributed by atoms with E-state index in [1.54, 1.807) is 13.8 Å². The highest BCUT2D eigenvalue weighted by molar-refractivity contribution is 5.71. The molecule has 5 saturated carbocycles. The largest absolute Gasteiger partial charge is 0.461 e. The molecule has 0 aromatic heterocycles. The van der Waals surface area contributed by atoms with Crippen LogP contribution in [0.3, 0.4) is 0 Å². The standard InChI is InChI=1S/C32H51NO6/c1-18(34)37-27(29(4,5)36)22-9-7-20-23(38-22)15-21-19-8-10-24-28(2,3)25(39-26(35)16-33)11-12-32(24)17-31(19,32)14-13-30(20,21)6/h19-25,27,36H,7-17,33H2,1-6H3/t19?,20?,21?,22?,23?,24?,25-,27-,30?,31-,32?/m0/s1. The van der Waals surface area contributed by atoms with Gasteiger partial charge in [0.2, 0.25) is 0 Å². The number of carbonyl (C=O) groups excluding carboxylic acids is 2. The van der Waals surface area contributed by atoms with Crippen LogP contribution < -0.4 is 5.73 Å². The lowest BCUT2D eigenvalue weighted by Gasteiger charge is -2.59. The molecule has 0 aromatic carbocycles. The number of aliphatic hydroxyl groups is 1. The molecule has 3 N–H and O–H groups in total. The zero-order valence-electron chi connectivity index (χ0n) is 25.0. The predicted molar refractivity (Wildman–Crippen MR) is 146 cm³/mol. The molecule has 1 saturated heterocycles. The molecule has 11 atom stereocenters. The molecule has 220 valence electrons. The Morgan fingerprint density at radius 1 is 1.00 bits per heavy atom. The van der Waals surface area contributed by atoms with Crippen molar-refractivity contribution in [3.63, 3.8) is 0 Å². The van der Waals surface area contributed by atoms with Gasteiger partial charge in [0.05, 0.1) is 24.4 Å². The second-order valence-corrected chi connectivity index (χ2v) is 15.7. The molecule has 6 fully saturated rings. The highest BCUT2D eigenvalue weighted by Crippen LogP contribution is 2.87. The van der Waals surface area contributed by atoms with E-state index in [2.05, 4.69) is 20.8 Å². The van der Waals surface area contributed by atoms with E-state index in [1.807, 2.05) is 0 Å². The number of esters is 2. The smallest absolute Gasteiger partial charge is 0.319 e. The van der Waals surface area contributed by atoms with Crippen LogP contribution in [0.2, 0.25) is 0 Å². The summed E-state index contributed by atoms with van der Waals surface area (Å²) < 4.78 is 18.3. The van der Waals surface area contributed by atoms with E-state index in [4.69, 9.17) is 19.9 Å². The minimum absolute atomic E-state index is 0.0267. The summed E-state index contributed by atoms with van der Waals surface area (Å²) in [4.78, 5) is 24.0. The lowest BCUT2D eigenvalue weighted by atomic mass is 9.46. The SMILES string of the molecule is CC(=O)O[C@@H](C1CCC2C(CC3C4CCC5C(C)(C)[C@@H](OC(=O)CN)CCC56C[C@@]46CCC23C)O1)C(C)(C)O. The molecule has 0 bridgehead atoms. The summed E-state index contributed by atoms with van der Waals surface area (Å²) >= 11 is 0. The fraction of sp³-hybridized carbons (Fsp3) is 0.938. The van der Waals surface area contributed by atoms with Crippen LogP contribution in [0.25, 0.3) is 0 Å². The number of ether oxygens (including phenoxy) is 3. The number of rotatable bonds is 5. The number of nitrogens with two attached hydrogens (primary N) is 1. The summed E-state index contributed by atoms with van der Waals surface area (Å²) in [5.74, 6) is 1.88. The third kappa shape index (κ3) is 3.91.